The van der Waals surface area contributed by atoms with E-state index in [0.717, 1.165) is 23.7 Å². The molecule has 1 atom stereocenters. The van der Waals surface area contributed by atoms with Crippen LogP contribution in [-0.4, -0.2) is 18.5 Å². The van der Waals surface area contributed by atoms with Crippen molar-refractivity contribution in [2.45, 2.75) is 32.2 Å². The van der Waals surface area contributed by atoms with Gasteiger partial charge in [-0.3, -0.25) is 4.79 Å². The van der Waals surface area contributed by atoms with Gasteiger partial charge in [-0.25, -0.2) is 0 Å². The highest BCUT2D eigenvalue weighted by Crippen LogP contribution is 2.23. The number of rotatable bonds is 6. The van der Waals surface area contributed by atoms with E-state index < -0.39 is 0 Å². The van der Waals surface area contributed by atoms with Crippen LogP contribution in [0.15, 0.2) is 22.7 Å². The number of amides is 1. The summed E-state index contributed by atoms with van der Waals surface area (Å²) in [6.07, 6.45) is 3.06. The Morgan fingerprint density at radius 3 is 2.83 bits per heavy atom. The molecule has 0 radical (unpaired) electrons. The first-order valence-corrected chi connectivity index (χ1v) is 7.21. The number of hydrogen-bond acceptors (Lipinski definition) is 2. The molecule has 0 bridgehead atoms. The molecule has 0 aromatic heterocycles. The van der Waals surface area contributed by atoms with Crippen molar-refractivity contribution in [3.63, 3.8) is 0 Å². The zero-order chi connectivity index (χ0) is 13.5. The fourth-order valence-corrected chi connectivity index (χ4v) is 2.03. The largest absolute Gasteiger partial charge is 0.348 e. The van der Waals surface area contributed by atoms with Gasteiger partial charge in [-0.15, -0.1) is 0 Å². The molecule has 5 heteroatoms. The second-order valence-electron chi connectivity index (χ2n) is 4.18. The Hall–Kier alpha value is -0.580. The summed E-state index contributed by atoms with van der Waals surface area (Å²) >= 11 is 9.25. The van der Waals surface area contributed by atoms with Gasteiger partial charge in [0.2, 0.25) is 0 Å². The summed E-state index contributed by atoms with van der Waals surface area (Å²) in [6.45, 7) is 2.57. The number of hydrogen-bond donors (Lipinski definition) is 2. The van der Waals surface area contributed by atoms with Gasteiger partial charge >= 0.3 is 0 Å². The van der Waals surface area contributed by atoms with Crippen LogP contribution in [0.5, 0.6) is 0 Å². The minimum atomic E-state index is -0.129. The van der Waals surface area contributed by atoms with Gasteiger partial charge in [-0.2, -0.15) is 0 Å². The number of halogens is 2. The minimum Gasteiger partial charge on any atom is -0.348 e. The fourth-order valence-electron chi connectivity index (χ4n) is 1.61. The van der Waals surface area contributed by atoms with Gasteiger partial charge in [0.15, 0.2) is 0 Å². The maximum atomic E-state index is 12.0. The van der Waals surface area contributed by atoms with Crippen molar-refractivity contribution in [3.8, 4) is 0 Å². The average molecular weight is 334 g/mol. The van der Waals surface area contributed by atoms with E-state index >= 15 is 0 Å². The monoisotopic (exact) mass is 332 g/mol. The van der Waals surface area contributed by atoms with E-state index in [2.05, 4.69) is 28.2 Å². The van der Waals surface area contributed by atoms with Gasteiger partial charge in [-0.05, 0) is 40.5 Å². The van der Waals surface area contributed by atoms with Crippen LogP contribution in [0.2, 0.25) is 5.02 Å². The molecule has 100 valence electrons. The lowest BCUT2D eigenvalue weighted by atomic mass is 10.1. The topological polar surface area (TPSA) is 55.1 Å². The van der Waals surface area contributed by atoms with E-state index in [0.29, 0.717) is 17.1 Å². The predicted octanol–water partition coefficient (Wildman–Crippen LogP) is 3.35. The molecular weight excluding hydrogens is 316 g/mol. The van der Waals surface area contributed by atoms with Gasteiger partial charge in [0.25, 0.3) is 5.91 Å². The van der Waals surface area contributed by atoms with Crippen molar-refractivity contribution < 1.29 is 4.79 Å². The summed E-state index contributed by atoms with van der Waals surface area (Å²) in [5.74, 6) is -0.129. The molecule has 0 spiro atoms. The first-order valence-electron chi connectivity index (χ1n) is 6.04. The van der Waals surface area contributed by atoms with Gasteiger partial charge in [0, 0.05) is 22.6 Å². The van der Waals surface area contributed by atoms with E-state index in [1.165, 1.54) is 0 Å². The summed E-state index contributed by atoms with van der Waals surface area (Å²) in [5.41, 5.74) is 6.20. The molecule has 1 amide bonds. The lowest BCUT2D eigenvalue weighted by molar-refractivity contribution is 0.0936. The molecule has 1 rings (SSSR count). The van der Waals surface area contributed by atoms with E-state index in [1.807, 2.05) is 0 Å². The number of benzene rings is 1. The maximum Gasteiger partial charge on any atom is 0.251 e. The molecule has 0 saturated carbocycles. The third-order valence-electron chi connectivity index (χ3n) is 2.71. The van der Waals surface area contributed by atoms with Gasteiger partial charge < -0.3 is 11.1 Å². The second-order valence-corrected chi connectivity index (χ2v) is 5.44. The molecular formula is C13H18BrClN2O. The van der Waals surface area contributed by atoms with Crippen LogP contribution in [0.3, 0.4) is 0 Å². The molecule has 0 aliphatic rings. The van der Waals surface area contributed by atoms with Crippen molar-refractivity contribution in [3.05, 3.63) is 33.3 Å². The molecule has 3 nitrogen and oxygen atoms in total. The highest BCUT2D eigenvalue weighted by Gasteiger charge is 2.12. The average Bonchev–Trinajstić information content (AvgIpc) is 2.37. The van der Waals surface area contributed by atoms with Gasteiger partial charge in [0.05, 0.1) is 5.02 Å². The van der Waals surface area contributed by atoms with E-state index in [4.69, 9.17) is 17.3 Å². The van der Waals surface area contributed by atoms with Crippen LogP contribution in [-0.2, 0) is 0 Å². The zero-order valence-corrected chi connectivity index (χ0v) is 12.7. The Labute approximate surface area is 121 Å². The SMILES string of the molecule is CCCCC(CN)NC(=O)c1ccc(Br)c(Cl)c1. The Bertz CT molecular complexity index is 412. The molecule has 1 aromatic rings. The van der Waals surface area contributed by atoms with Crippen LogP contribution in [0.25, 0.3) is 0 Å². The lowest BCUT2D eigenvalue weighted by Gasteiger charge is -2.16. The Morgan fingerprint density at radius 1 is 1.56 bits per heavy atom. The van der Waals surface area contributed by atoms with Crippen molar-refractivity contribution in [2.24, 2.45) is 5.73 Å². The Balaban J connectivity index is 2.65. The van der Waals surface area contributed by atoms with Crippen molar-refractivity contribution >= 4 is 33.4 Å². The minimum absolute atomic E-state index is 0.0277. The van der Waals surface area contributed by atoms with Crippen LogP contribution in [0.4, 0.5) is 0 Å². The van der Waals surface area contributed by atoms with Crippen LogP contribution < -0.4 is 11.1 Å². The Kier molecular flexibility index (Phi) is 6.68. The molecule has 3 N–H and O–H groups in total. The van der Waals surface area contributed by atoms with Crippen LogP contribution in [0, 0.1) is 0 Å². The molecule has 0 saturated heterocycles. The predicted molar refractivity (Wildman–Crippen MR) is 79.0 cm³/mol. The standard InChI is InChI=1S/C13H18BrClN2O/c1-2-3-4-10(8-16)17-13(18)9-5-6-11(14)12(15)7-9/h5-7,10H,2-4,8,16H2,1H3,(H,17,18). The van der Waals surface area contributed by atoms with Crippen molar-refractivity contribution in [1.29, 1.82) is 0 Å². The number of nitrogens with two attached hydrogens (primary N) is 1. The molecule has 18 heavy (non-hydrogen) atoms. The van der Waals surface area contributed by atoms with Crippen molar-refractivity contribution in [2.75, 3.05) is 6.54 Å². The Morgan fingerprint density at radius 2 is 2.28 bits per heavy atom. The van der Waals surface area contributed by atoms with Gasteiger partial charge in [-0.1, -0.05) is 31.4 Å². The maximum absolute atomic E-state index is 12.0. The number of unbranched alkanes of at least 4 members (excludes halogenated alkanes) is 1. The molecule has 1 unspecified atom stereocenters. The first kappa shape index (κ1) is 15.5. The number of carbonyl (C=O) groups is 1. The summed E-state index contributed by atoms with van der Waals surface area (Å²) in [7, 11) is 0. The quantitative estimate of drug-likeness (QED) is 0.839. The van der Waals surface area contributed by atoms with Crippen LogP contribution >= 0.6 is 27.5 Å². The molecule has 0 aliphatic carbocycles. The second kappa shape index (κ2) is 7.77. The summed E-state index contributed by atoms with van der Waals surface area (Å²) < 4.78 is 0.780. The van der Waals surface area contributed by atoms with Crippen LogP contribution in [0.1, 0.15) is 36.5 Å². The first-order chi connectivity index (χ1) is 8.58. The smallest absolute Gasteiger partial charge is 0.251 e. The third kappa shape index (κ3) is 4.59. The van der Waals surface area contributed by atoms with E-state index in [1.54, 1.807) is 18.2 Å². The highest BCUT2D eigenvalue weighted by atomic mass is 79.9. The van der Waals surface area contributed by atoms with E-state index in [9.17, 15) is 4.79 Å². The third-order valence-corrected chi connectivity index (χ3v) is 3.94. The number of carbonyl (C=O) groups excluding carboxylic acids is 1. The summed E-state index contributed by atoms with van der Waals surface area (Å²) in [4.78, 5) is 12.0. The molecule has 0 fully saturated rings. The van der Waals surface area contributed by atoms with Crippen molar-refractivity contribution in [1.82, 2.24) is 5.32 Å². The highest BCUT2D eigenvalue weighted by molar-refractivity contribution is 9.10. The summed E-state index contributed by atoms with van der Waals surface area (Å²) in [6, 6.07) is 5.17. The number of nitrogens with one attached hydrogen (secondary N) is 1. The normalized spacial score (nSPS) is 12.2. The van der Waals surface area contributed by atoms with E-state index in [-0.39, 0.29) is 11.9 Å². The molecule has 1 aromatic carbocycles. The molecule has 0 aliphatic heterocycles. The zero-order valence-electron chi connectivity index (χ0n) is 10.4. The molecule has 0 heterocycles. The summed E-state index contributed by atoms with van der Waals surface area (Å²) in [5, 5.41) is 3.45. The van der Waals surface area contributed by atoms with Gasteiger partial charge in [0.1, 0.15) is 0 Å². The lowest BCUT2D eigenvalue weighted by Crippen LogP contribution is -2.40. The fraction of sp³-hybridized carbons (Fsp3) is 0.462.